The monoisotopic (exact) mass is 629 g/mol. The number of carbonyl (C=O) groups is 2. The van der Waals surface area contributed by atoms with Crippen LogP contribution in [0.5, 0.6) is 17.2 Å². The van der Waals surface area contributed by atoms with E-state index in [0.29, 0.717) is 38.7 Å². The number of amides is 2. The van der Waals surface area contributed by atoms with Crippen molar-refractivity contribution in [2.75, 3.05) is 13.7 Å². The second-order valence-electron chi connectivity index (χ2n) is 9.45. The molecule has 1 atom stereocenters. The minimum Gasteiger partial charge on any atom is -0.493 e. The molecule has 2 amide bonds. The summed E-state index contributed by atoms with van der Waals surface area (Å²) in [5.41, 5.74) is 4.94. The minimum atomic E-state index is -0.771. The van der Waals surface area contributed by atoms with Crippen molar-refractivity contribution in [3.63, 3.8) is 0 Å². The van der Waals surface area contributed by atoms with Crippen molar-refractivity contribution in [2.24, 2.45) is 11.0 Å². The summed E-state index contributed by atoms with van der Waals surface area (Å²) in [6.07, 6.45) is 1.92. The molecule has 0 aliphatic carbocycles. The number of aryl methyl sites for hydroxylation is 1. The van der Waals surface area contributed by atoms with E-state index in [1.54, 1.807) is 24.3 Å². The van der Waals surface area contributed by atoms with Crippen molar-refractivity contribution in [1.82, 2.24) is 10.7 Å². The Kier molecular flexibility index (Phi) is 11.8. The van der Waals surface area contributed by atoms with Gasteiger partial charge in [-0.2, -0.15) is 5.10 Å². The van der Waals surface area contributed by atoms with Gasteiger partial charge in [-0.1, -0.05) is 61.8 Å². The molecular formula is C30H33BrClN3O5. The van der Waals surface area contributed by atoms with E-state index in [9.17, 15) is 9.59 Å². The fraction of sp³-hybridized carbons (Fsp3) is 0.300. The lowest BCUT2D eigenvalue weighted by Crippen LogP contribution is -2.47. The van der Waals surface area contributed by atoms with Crippen molar-refractivity contribution in [1.29, 1.82) is 0 Å². The summed E-state index contributed by atoms with van der Waals surface area (Å²) in [5.74, 6) is 0.947. The molecule has 3 rings (SSSR count). The Bertz CT molecular complexity index is 1350. The van der Waals surface area contributed by atoms with Crippen LogP contribution in [0.1, 0.15) is 37.0 Å². The van der Waals surface area contributed by atoms with Crippen LogP contribution < -0.4 is 25.0 Å². The first kappa shape index (κ1) is 31.0. The molecule has 40 heavy (non-hydrogen) atoms. The van der Waals surface area contributed by atoms with Crippen LogP contribution in [0.15, 0.2) is 70.2 Å². The number of methoxy groups -OCH3 is 1. The Hall–Kier alpha value is -3.56. The third-order valence-electron chi connectivity index (χ3n) is 5.78. The number of benzene rings is 3. The van der Waals surface area contributed by atoms with E-state index in [1.807, 2.05) is 57.2 Å². The molecule has 0 bridgehead atoms. The first-order valence-electron chi connectivity index (χ1n) is 12.7. The van der Waals surface area contributed by atoms with E-state index >= 15 is 0 Å². The van der Waals surface area contributed by atoms with E-state index in [4.69, 9.17) is 25.8 Å². The zero-order valence-corrected chi connectivity index (χ0v) is 25.2. The van der Waals surface area contributed by atoms with Crippen LogP contribution in [-0.2, 0) is 16.2 Å². The molecule has 8 nitrogen and oxygen atoms in total. The summed E-state index contributed by atoms with van der Waals surface area (Å²) in [6, 6.07) is 17.6. The van der Waals surface area contributed by atoms with Crippen molar-refractivity contribution in [3.8, 4) is 17.2 Å². The number of carbonyl (C=O) groups excluding carboxylic acids is 2. The van der Waals surface area contributed by atoms with Crippen molar-refractivity contribution in [3.05, 3.63) is 86.8 Å². The zero-order valence-electron chi connectivity index (χ0n) is 22.9. The Morgan fingerprint density at radius 1 is 1.05 bits per heavy atom. The van der Waals surface area contributed by atoms with Gasteiger partial charge in [-0.3, -0.25) is 9.59 Å². The standard InChI is InChI=1S/C30H33BrClN3O5/c1-19(2)13-25(34-28(36)18-39-26-12-8-5-9-20(26)3)30(37)35-33-16-21-14-23(31)29(27(15-21)38-4)40-17-22-10-6-7-11-24(22)32/h5-12,14-16,19,25H,13,17-18H2,1-4H3,(H,34,36)(H,35,37)/b33-16-/t25-/m1/s1. The second kappa shape index (κ2) is 15.3. The number of nitrogens with one attached hydrogen (secondary N) is 2. The Morgan fingerprint density at radius 2 is 1.77 bits per heavy atom. The fourth-order valence-electron chi connectivity index (χ4n) is 3.77. The lowest BCUT2D eigenvalue weighted by Gasteiger charge is -2.19. The number of ether oxygens (including phenoxy) is 3. The number of hydrazone groups is 1. The SMILES string of the molecule is COc1cc(/C=N\NC(=O)[C@@H](CC(C)C)NC(=O)COc2ccccc2C)cc(Br)c1OCc1ccccc1Cl. The number of halogens is 2. The van der Waals surface area contributed by atoms with Gasteiger partial charge in [0.1, 0.15) is 18.4 Å². The smallest absolute Gasteiger partial charge is 0.262 e. The van der Waals surface area contributed by atoms with Gasteiger partial charge in [-0.25, -0.2) is 5.43 Å². The molecule has 3 aromatic rings. The highest BCUT2D eigenvalue weighted by Crippen LogP contribution is 2.37. The molecule has 3 aromatic carbocycles. The number of rotatable bonds is 13. The van der Waals surface area contributed by atoms with Crippen LogP contribution in [0.4, 0.5) is 0 Å². The van der Waals surface area contributed by atoms with Crippen molar-refractivity contribution >= 4 is 45.6 Å². The molecule has 0 radical (unpaired) electrons. The van der Waals surface area contributed by atoms with Gasteiger partial charge in [0.25, 0.3) is 11.8 Å². The van der Waals surface area contributed by atoms with Crippen LogP contribution in [0.3, 0.4) is 0 Å². The van der Waals surface area contributed by atoms with Crippen molar-refractivity contribution < 1.29 is 23.8 Å². The van der Waals surface area contributed by atoms with E-state index in [0.717, 1.165) is 11.1 Å². The lowest BCUT2D eigenvalue weighted by molar-refractivity contribution is -0.130. The Labute approximate surface area is 248 Å². The summed E-state index contributed by atoms with van der Waals surface area (Å²) < 4.78 is 17.7. The molecule has 10 heteroatoms. The van der Waals surface area contributed by atoms with E-state index in [-0.39, 0.29) is 19.1 Å². The second-order valence-corrected chi connectivity index (χ2v) is 10.7. The van der Waals surface area contributed by atoms with E-state index < -0.39 is 17.9 Å². The molecule has 0 saturated heterocycles. The van der Waals surface area contributed by atoms with Crippen LogP contribution >= 0.6 is 27.5 Å². The molecule has 0 unspecified atom stereocenters. The van der Waals surface area contributed by atoms with Gasteiger partial charge in [0.15, 0.2) is 18.1 Å². The zero-order chi connectivity index (χ0) is 29.1. The highest BCUT2D eigenvalue weighted by atomic mass is 79.9. The molecule has 212 valence electrons. The molecule has 0 aliphatic heterocycles. The van der Waals surface area contributed by atoms with Crippen molar-refractivity contribution in [2.45, 2.75) is 39.8 Å². The van der Waals surface area contributed by atoms with Gasteiger partial charge in [-0.05, 0) is 70.6 Å². The van der Waals surface area contributed by atoms with Gasteiger partial charge >= 0.3 is 0 Å². The van der Waals surface area contributed by atoms with E-state index in [2.05, 4.69) is 31.8 Å². The predicted octanol–water partition coefficient (Wildman–Crippen LogP) is 6.06. The average Bonchev–Trinajstić information content (AvgIpc) is 2.92. The largest absolute Gasteiger partial charge is 0.493 e. The van der Waals surface area contributed by atoms with Crippen LogP contribution in [0.2, 0.25) is 5.02 Å². The van der Waals surface area contributed by atoms with Gasteiger partial charge < -0.3 is 19.5 Å². The normalized spacial score (nSPS) is 11.8. The molecular weight excluding hydrogens is 598 g/mol. The van der Waals surface area contributed by atoms with Gasteiger partial charge in [-0.15, -0.1) is 0 Å². The maximum Gasteiger partial charge on any atom is 0.262 e. The summed E-state index contributed by atoms with van der Waals surface area (Å²) in [7, 11) is 1.54. The Morgan fingerprint density at radius 3 is 2.48 bits per heavy atom. The summed E-state index contributed by atoms with van der Waals surface area (Å²) in [5, 5.41) is 7.46. The fourth-order valence-corrected chi connectivity index (χ4v) is 4.53. The number of nitrogens with zero attached hydrogens (tertiary/aromatic N) is 1. The van der Waals surface area contributed by atoms with Gasteiger partial charge in [0.2, 0.25) is 0 Å². The number of para-hydroxylation sites is 1. The van der Waals surface area contributed by atoms with Gasteiger partial charge in [0, 0.05) is 10.6 Å². The van der Waals surface area contributed by atoms with E-state index in [1.165, 1.54) is 13.3 Å². The maximum atomic E-state index is 12.9. The number of hydrogen-bond donors (Lipinski definition) is 2. The molecule has 0 heterocycles. The minimum absolute atomic E-state index is 0.163. The molecule has 0 aromatic heterocycles. The molecule has 0 aliphatic rings. The quantitative estimate of drug-likeness (QED) is 0.177. The lowest BCUT2D eigenvalue weighted by atomic mass is 10.0. The van der Waals surface area contributed by atoms with Crippen LogP contribution in [0, 0.1) is 12.8 Å². The summed E-state index contributed by atoms with van der Waals surface area (Å²) in [6.45, 7) is 5.90. The molecule has 0 spiro atoms. The van der Waals surface area contributed by atoms with Crippen LogP contribution in [-0.4, -0.2) is 37.8 Å². The Balaban J connectivity index is 1.61. The van der Waals surface area contributed by atoms with Crippen LogP contribution in [0.25, 0.3) is 0 Å². The predicted molar refractivity (Wildman–Crippen MR) is 160 cm³/mol. The first-order chi connectivity index (χ1) is 19.2. The molecule has 0 fully saturated rings. The molecule has 2 N–H and O–H groups in total. The topological polar surface area (TPSA) is 98.2 Å². The number of hydrogen-bond acceptors (Lipinski definition) is 6. The average molecular weight is 631 g/mol. The summed E-state index contributed by atoms with van der Waals surface area (Å²) in [4.78, 5) is 25.4. The third-order valence-corrected chi connectivity index (χ3v) is 6.74. The van der Waals surface area contributed by atoms with Gasteiger partial charge in [0.05, 0.1) is 17.8 Å². The third kappa shape index (κ3) is 9.27. The summed E-state index contributed by atoms with van der Waals surface area (Å²) >= 11 is 9.75. The molecule has 0 saturated carbocycles. The first-order valence-corrected chi connectivity index (χ1v) is 13.9. The maximum absolute atomic E-state index is 12.9. The highest BCUT2D eigenvalue weighted by Gasteiger charge is 2.22. The highest BCUT2D eigenvalue weighted by molar-refractivity contribution is 9.10.